The Morgan fingerprint density at radius 2 is 1.95 bits per heavy atom. The summed E-state index contributed by atoms with van der Waals surface area (Å²) in [5.41, 5.74) is 1.48. The smallest absolute Gasteiger partial charge is 0.186 e. The van der Waals surface area contributed by atoms with Gasteiger partial charge in [-0.3, -0.25) is 0 Å². The van der Waals surface area contributed by atoms with Crippen LogP contribution in [0.3, 0.4) is 0 Å². The lowest BCUT2D eigenvalue weighted by atomic mass is 9.93. The molecule has 0 bridgehead atoms. The average molecular weight is 287 g/mol. The second kappa shape index (κ2) is 5.71. The van der Waals surface area contributed by atoms with Crippen molar-refractivity contribution in [2.45, 2.75) is 32.6 Å². The van der Waals surface area contributed by atoms with E-state index < -0.39 is 0 Å². The van der Waals surface area contributed by atoms with Crippen molar-refractivity contribution >= 4 is 5.82 Å². The molecule has 1 aliphatic rings. The highest BCUT2D eigenvalue weighted by Gasteiger charge is 2.25. The summed E-state index contributed by atoms with van der Waals surface area (Å²) in [6.45, 7) is 5.04. The van der Waals surface area contributed by atoms with E-state index in [-0.39, 0.29) is 5.82 Å². The third-order valence-corrected chi connectivity index (χ3v) is 3.93. The minimum absolute atomic E-state index is 0.305. The summed E-state index contributed by atoms with van der Waals surface area (Å²) in [5.74, 6) is 1.15. The van der Waals surface area contributed by atoms with E-state index in [2.05, 4.69) is 19.9 Å². The predicted octanol–water partition coefficient (Wildman–Crippen LogP) is 2.41. The Bertz CT molecular complexity index is 623. The van der Waals surface area contributed by atoms with Crippen LogP contribution in [-0.2, 0) is 0 Å². The monoisotopic (exact) mass is 287 g/mol. The van der Waals surface area contributed by atoms with Crippen molar-refractivity contribution < 1.29 is 4.39 Å². The van der Waals surface area contributed by atoms with Crippen LogP contribution in [0.2, 0.25) is 0 Å². The van der Waals surface area contributed by atoms with Gasteiger partial charge in [0.05, 0.1) is 5.69 Å². The maximum atomic E-state index is 14.2. The third-order valence-electron chi connectivity index (χ3n) is 3.93. The van der Waals surface area contributed by atoms with Crippen molar-refractivity contribution in [1.82, 2.24) is 19.9 Å². The topological polar surface area (TPSA) is 54.8 Å². The van der Waals surface area contributed by atoms with Crippen LogP contribution in [0.4, 0.5) is 10.2 Å². The Kier molecular flexibility index (Phi) is 3.77. The molecule has 1 aliphatic heterocycles. The van der Waals surface area contributed by atoms with Gasteiger partial charge in [-0.2, -0.15) is 0 Å². The molecule has 3 rings (SSSR count). The predicted molar refractivity (Wildman–Crippen MR) is 77.7 cm³/mol. The van der Waals surface area contributed by atoms with Crippen molar-refractivity contribution in [3.05, 3.63) is 41.6 Å². The first kappa shape index (κ1) is 13.9. The van der Waals surface area contributed by atoms with Crippen LogP contribution < -0.4 is 4.90 Å². The molecular weight excluding hydrogens is 269 g/mol. The molecule has 0 spiro atoms. The second-order valence-electron chi connectivity index (χ2n) is 5.39. The molecule has 0 aliphatic carbocycles. The summed E-state index contributed by atoms with van der Waals surface area (Å²) < 4.78 is 14.2. The van der Waals surface area contributed by atoms with Crippen LogP contribution in [-0.4, -0.2) is 33.0 Å². The summed E-state index contributed by atoms with van der Waals surface area (Å²) >= 11 is 0. The van der Waals surface area contributed by atoms with Gasteiger partial charge in [-0.25, -0.2) is 24.3 Å². The fraction of sp³-hybridized carbons (Fsp3) is 0.467. The molecule has 2 aromatic heterocycles. The number of rotatable bonds is 2. The van der Waals surface area contributed by atoms with Gasteiger partial charge in [-0.15, -0.1) is 0 Å². The zero-order valence-electron chi connectivity index (χ0n) is 12.3. The number of halogens is 1. The zero-order valence-corrected chi connectivity index (χ0v) is 12.3. The summed E-state index contributed by atoms with van der Waals surface area (Å²) in [6.07, 6.45) is 5.24. The highest BCUT2D eigenvalue weighted by molar-refractivity contribution is 5.42. The van der Waals surface area contributed by atoms with E-state index in [0.29, 0.717) is 23.3 Å². The largest absolute Gasteiger partial charge is 0.354 e. The van der Waals surface area contributed by atoms with Crippen molar-refractivity contribution in [3.8, 4) is 0 Å². The molecule has 0 aromatic carbocycles. The Hall–Kier alpha value is -2.11. The molecule has 3 heterocycles. The molecule has 0 radical (unpaired) electrons. The first-order valence-corrected chi connectivity index (χ1v) is 7.16. The highest BCUT2D eigenvalue weighted by Crippen LogP contribution is 2.29. The van der Waals surface area contributed by atoms with Crippen LogP contribution in [0.15, 0.2) is 18.6 Å². The van der Waals surface area contributed by atoms with E-state index >= 15 is 0 Å². The summed E-state index contributed by atoms with van der Waals surface area (Å²) in [6, 6.07) is 1.96. The number of anilines is 1. The molecule has 1 saturated heterocycles. The van der Waals surface area contributed by atoms with E-state index in [0.717, 1.165) is 31.6 Å². The van der Waals surface area contributed by atoms with Crippen molar-refractivity contribution in [2.75, 3.05) is 18.0 Å². The van der Waals surface area contributed by atoms with Crippen molar-refractivity contribution in [1.29, 1.82) is 0 Å². The summed E-state index contributed by atoms with van der Waals surface area (Å²) in [7, 11) is 0. The van der Waals surface area contributed by atoms with Crippen LogP contribution in [0.25, 0.3) is 0 Å². The Morgan fingerprint density at radius 1 is 1.19 bits per heavy atom. The molecule has 21 heavy (non-hydrogen) atoms. The maximum Gasteiger partial charge on any atom is 0.186 e. The first-order chi connectivity index (χ1) is 10.1. The van der Waals surface area contributed by atoms with Crippen molar-refractivity contribution in [2.24, 2.45) is 0 Å². The SMILES string of the molecule is Cc1nc(C)c(F)c(N2CCC(c3ccncn3)CC2)n1. The van der Waals surface area contributed by atoms with Gasteiger partial charge in [0.1, 0.15) is 12.2 Å². The number of aryl methyl sites for hydroxylation is 2. The molecular formula is C15H18FN5. The first-order valence-electron chi connectivity index (χ1n) is 7.16. The Balaban J connectivity index is 1.74. The van der Waals surface area contributed by atoms with Gasteiger partial charge in [-0.1, -0.05) is 0 Å². The van der Waals surface area contributed by atoms with Crippen molar-refractivity contribution in [3.63, 3.8) is 0 Å². The Labute approximate surface area is 123 Å². The minimum Gasteiger partial charge on any atom is -0.354 e. The average Bonchev–Trinajstić information content (AvgIpc) is 2.52. The van der Waals surface area contributed by atoms with Gasteiger partial charge < -0.3 is 4.90 Å². The normalized spacial score (nSPS) is 16.2. The summed E-state index contributed by atoms with van der Waals surface area (Å²) in [5, 5.41) is 0. The van der Waals surface area contributed by atoms with E-state index in [9.17, 15) is 4.39 Å². The van der Waals surface area contributed by atoms with Gasteiger partial charge in [0.2, 0.25) is 0 Å². The van der Waals surface area contributed by atoms with E-state index in [1.807, 2.05) is 11.0 Å². The molecule has 0 atom stereocenters. The van der Waals surface area contributed by atoms with Gasteiger partial charge in [0.25, 0.3) is 0 Å². The molecule has 5 nitrogen and oxygen atoms in total. The molecule has 0 N–H and O–H groups in total. The maximum absolute atomic E-state index is 14.2. The molecule has 110 valence electrons. The lowest BCUT2D eigenvalue weighted by molar-refractivity contribution is 0.482. The lowest BCUT2D eigenvalue weighted by Gasteiger charge is -2.32. The third kappa shape index (κ3) is 2.84. The molecule has 1 fully saturated rings. The molecule has 0 unspecified atom stereocenters. The summed E-state index contributed by atoms with van der Waals surface area (Å²) in [4.78, 5) is 18.6. The molecule has 0 amide bonds. The minimum atomic E-state index is -0.305. The zero-order chi connectivity index (χ0) is 14.8. The quantitative estimate of drug-likeness (QED) is 0.849. The van der Waals surface area contributed by atoms with Crippen LogP contribution >= 0.6 is 0 Å². The number of hydrogen-bond donors (Lipinski definition) is 0. The molecule has 0 saturated carbocycles. The fourth-order valence-corrected chi connectivity index (χ4v) is 2.82. The molecule has 6 heteroatoms. The number of hydrogen-bond acceptors (Lipinski definition) is 5. The fourth-order valence-electron chi connectivity index (χ4n) is 2.82. The number of aromatic nitrogens is 4. The number of piperidine rings is 1. The van der Waals surface area contributed by atoms with E-state index in [1.165, 1.54) is 0 Å². The standard InChI is InChI=1S/C15H18FN5/c1-10-14(16)15(20-11(2)19-10)21-7-4-12(5-8-21)13-3-6-17-9-18-13/h3,6,9,12H,4-5,7-8H2,1-2H3. The van der Waals surface area contributed by atoms with E-state index in [4.69, 9.17) is 0 Å². The lowest BCUT2D eigenvalue weighted by Crippen LogP contribution is -2.34. The second-order valence-corrected chi connectivity index (χ2v) is 5.39. The van der Waals surface area contributed by atoms with Crippen LogP contribution in [0.1, 0.15) is 36.0 Å². The van der Waals surface area contributed by atoms with Gasteiger partial charge in [0, 0.05) is 30.9 Å². The number of nitrogens with zero attached hydrogens (tertiary/aromatic N) is 5. The molecule has 2 aromatic rings. The van der Waals surface area contributed by atoms with Gasteiger partial charge in [-0.05, 0) is 32.8 Å². The van der Waals surface area contributed by atoms with Gasteiger partial charge in [0.15, 0.2) is 11.6 Å². The van der Waals surface area contributed by atoms with Crippen LogP contribution in [0.5, 0.6) is 0 Å². The van der Waals surface area contributed by atoms with E-state index in [1.54, 1.807) is 26.4 Å². The van der Waals surface area contributed by atoms with Crippen LogP contribution in [0, 0.1) is 19.7 Å². The Morgan fingerprint density at radius 3 is 2.62 bits per heavy atom. The highest BCUT2D eigenvalue weighted by atomic mass is 19.1. The van der Waals surface area contributed by atoms with Gasteiger partial charge >= 0.3 is 0 Å².